The minimum absolute atomic E-state index is 0.109. The average molecular weight is 394 g/mol. The summed E-state index contributed by atoms with van der Waals surface area (Å²) in [5.41, 5.74) is -0.764. The highest BCUT2D eigenvalue weighted by atomic mass is 35.5. The quantitative estimate of drug-likeness (QED) is 0.788. The van der Waals surface area contributed by atoms with Gasteiger partial charge in [-0.3, -0.25) is 4.72 Å². The van der Waals surface area contributed by atoms with E-state index in [1.807, 2.05) is 0 Å². The normalized spacial score (nSPS) is 12.1. The van der Waals surface area contributed by atoms with Crippen LogP contribution < -0.4 is 9.46 Å². The van der Waals surface area contributed by atoms with Crippen LogP contribution in [-0.4, -0.2) is 15.0 Å². The van der Waals surface area contributed by atoms with Crippen molar-refractivity contribution in [1.82, 2.24) is 0 Å². The molecule has 0 bridgehead atoms. The Morgan fingerprint density at radius 3 is 2.40 bits per heavy atom. The first kappa shape index (κ1) is 19.4. The largest absolute Gasteiger partial charge is 0.494 e. The molecule has 0 amide bonds. The first-order valence-corrected chi connectivity index (χ1v) is 9.03. The molecule has 0 aliphatic carbocycles. The maximum Gasteiger partial charge on any atom is 0.416 e. The molecule has 0 radical (unpaired) electrons. The van der Waals surface area contributed by atoms with Gasteiger partial charge in [-0.05, 0) is 55.8 Å². The summed E-state index contributed by atoms with van der Waals surface area (Å²) in [4.78, 5) is -0.109. The lowest BCUT2D eigenvalue weighted by molar-refractivity contribution is -0.137. The van der Waals surface area contributed by atoms with Gasteiger partial charge in [-0.1, -0.05) is 11.6 Å². The Labute approximate surface area is 148 Å². The first-order valence-electron chi connectivity index (χ1n) is 7.17. The lowest BCUT2D eigenvalue weighted by Crippen LogP contribution is -2.15. The molecule has 0 aliphatic heterocycles. The summed E-state index contributed by atoms with van der Waals surface area (Å²) in [5, 5.41) is -0.140. The SMILES string of the molecule is CCOc1ccc(S(=O)(=O)Nc2cc(C(F)(F)F)ccc2Cl)cc1C. The van der Waals surface area contributed by atoms with E-state index in [4.69, 9.17) is 16.3 Å². The number of aryl methyl sites for hydroxylation is 1. The smallest absolute Gasteiger partial charge is 0.416 e. The Morgan fingerprint density at radius 2 is 1.84 bits per heavy atom. The van der Waals surface area contributed by atoms with Crippen molar-refractivity contribution in [3.05, 3.63) is 52.5 Å². The van der Waals surface area contributed by atoms with Crippen molar-refractivity contribution in [1.29, 1.82) is 0 Å². The van der Waals surface area contributed by atoms with Crippen molar-refractivity contribution in [3.8, 4) is 5.75 Å². The third-order valence-corrected chi connectivity index (χ3v) is 4.99. The summed E-state index contributed by atoms with van der Waals surface area (Å²) in [6, 6.07) is 6.59. The number of alkyl halides is 3. The maximum absolute atomic E-state index is 12.8. The van der Waals surface area contributed by atoms with Gasteiger partial charge in [0.2, 0.25) is 0 Å². The topological polar surface area (TPSA) is 55.4 Å². The summed E-state index contributed by atoms with van der Waals surface area (Å²) in [7, 11) is -4.11. The standard InChI is InChI=1S/C16H15ClF3NO3S/c1-3-24-15-7-5-12(8-10(15)2)25(22,23)21-14-9-11(16(18,19)20)4-6-13(14)17/h4-9,21H,3H2,1-2H3. The van der Waals surface area contributed by atoms with Gasteiger partial charge in [0.1, 0.15) is 5.75 Å². The first-order chi connectivity index (χ1) is 11.5. The molecule has 0 aromatic heterocycles. The average Bonchev–Trinajstić information content (AvgIpc) is 2.50. The molecule has 1 N–H and O–H groups in total. The van der Waals surface area contributed by atoms with E-state index in [0.717, 1.165) is 12.1 Å². The number of sulfonamides is 1. The predicted octanol–water partition coefficient (Wildman–Crippen LogP) is 4.87. The molecule has 0 fully saturated rings. The minimum atomic E-state index is -4.61. The molecule has 2 aromatic rings. The van der Waals surface area contributed by atoms with E-state index in [-0.39, 0.29) is 15.6 Å². The zero-order chi connectivity index (χ0) is 18.8. The van der Waals surface area contributed by atoms with Gasteiger partial charge in [0.15, 0.2) is 0 Å². The number of nitrogens with one attached hydrogen (secondary N) is 1. The second-order valence-electron chi connectivity index (χ2n) is 5.16. The summed E-state index contributed by atoms with van der Waals surface area (Å²) in [5.74, 6) is 0.526. The van der Waals surface area contributed by atoms with Crippen LogP contribution in [0.15, 0.2) is 41.3 Å². The fourth-order valence-electron chi connectivity index (χ4n) is 2.09. The van der Waals surface area contributed by atoms with Gasteiger partial charge in [0, 0.05) is 0 Å². The number of hydrogen-bond donors (Lipinski definition) is 1. The van der Waals surface area contributed by atoms with Crippen LogP contribution in [-0.2, 0) is 16.2 Å². The Hall–Kier alpha value is -1.93. The molecule has 25 heavy (non-hydrogen) atoms. The monoisotopic (exact) mass is 393 g/mol. The van der Waals surface area contributed by atoms with E-state index < -0.39 is 21.8 Å². The molecular weight excluding hydrogens is 379 g/mol. The molecule has 0 saturated heterocycles. The van der Waals surface area contributed by atoms with E-state index in [0.29, 0.717) is 24.0 Å². The predicted molar refractivity (Wildman–Crippen MR) is 89.6 cm³/mol. The highest BCUT2D eigenvalue weighted by Crippen LogP contribution is 2.34. The summed E-state index contributed by atoms with van der Waals surface area (Å²) in [6.45, 7) is 3.88. The lowest BCUT2D eigenvalue weighted by atomic mass is 10.2. The van der Waals surface area contributed by atoms with E-state index in [2.05, 4.69) is 4.72 Å². The zero-order valence-electron chi connectivity index (χ0n) is 13.3. The van der Waals surface area contributed by atoms with Crippen molar-refractivity contribution in [2.75, 3.05) is 11.3 Å². The molecule has 0 aliphatic rings. The van der Waals surface area contributed by atoms with Crippen molar-refractivity contribution < 1.29 is 26.3 Å². The molecule has 9 heteroatoms. The van der Waals surface area contributed by atoms with Crippen molar-refractivity contribution in [2.45, 2.75) is 24.9 Å². The number of benzene rings is 2. The van der Waals surface area contributed by atoms with Gasteiger partial charge in [0.05, 0.1) is 27.8 Å². The van der Waals surface area contributed by atoms with Crippen LogP contribution in [0.3, 0.4) is 0 Å². The third kappa shape index (κ3) is 4.58. The van der Waals surface area contributed by atoms with E-state index >= 15 is 0 Å². The number of halogens is 4. The fraction of sp³-hybridized carbons (Fsp3) is 0.250. The fourth-order valence-corrected chi connectivity index (χ4v) is 3.47. The Balaban J connectivity index is 2.38. The van der Waals surface area contributed by atoms with Gasteiger partial charge in [-0.2, -0.15) is 13.2 Å². The molecule has 2 aromatic carbocycles. The van der Waals surface area contributed by atoms with Crippen LogP contribution in [0.1, 0.15) is 18.1 Å². The summed E-state index contributed by atoms with van der Waals surface area (Å²) >= 11 is 5.82. The molecule has 4 nitrogen and oxygen atoms in total. The zero-order valence-corrected chi connectivity index (χ0v) is 14.9. The van der Waals surface area contributed by atoms with Gasteiger partial charge in [-0.25, -0.2) is 8.42 Å². The second-order valence-corrected chi connectivity index (χ2v) is 7.25. The number of rotatable bonds is 5. The summed E-state index contributed by atoms with van der Waals surface area (Å²) < 4.78 is 70.7. The Bertz CT molecular complexity index is 883. The summed E-state index contributed by atoms with van der Waals surface area (Å²) in [6.07, 6.45) is -4.61. The molecule has 0 saturated carbocycles. The molecule has 0 unspecified atom stereocenters. The van der Waals surface area contributed by atoms with Gasteiger partial charge in [0.25, 0.3) is 10.0 Å². The molecule has 0 atom stereocenters. The van der Waals surface area contributed by atoms with Crippen LogP contribution in [0.5, 0.6) is 5.75 Å². The van der Waals surface area contributed by atoms with Crippen LogP contribution >= 0.6 is 11.6 Å². The van der Waals surface area contributed by atoms with Crippen LogP contribution in [0.2, 0.25) is 5.02 Å². The highest BCUT2D eigenvalue weighted by molar-refractivity contribution is 7.92. The van der Waals surface area contributed by atoms with E-state index in [1.165, 1.54) is 18.2 Å². The molecular formula is C16H15ClF3NO3S. The number of anilines is 1. The second kappa shape index (κ2) is 7.13. The molecule has 136 valence electrons. The maximum atomic E-state index is 12.8. The lowest BCUT2D eigenvalue weighted by Gasteiger charge is -2.14. The molecule has 0 spiro atoms. The van der Waals surface area contributed by atoms with Crippen LogP contribution in [0.25, 0.3) is 0 Å². The van der Waals surface area contributed by atoms with E-state index in [9.17, 15) is 21.6 Å². The molecule has 0 heterocycles. The minimum Gasteiger partial charge on any atom is -0.494 e. The van der Waals surface area contributed by atoms with Crippen molar-refractivity contribution >= 4 is 27.3 Å². The van der Waals surface area contributed by atoms with Gasteiger partial charge >= 0.3 is 6.18 Å². The Morgan fingerprint density at radius 1 is 1.16 bits per heavy atom. The number of hydrogen-bond acceptors (Lipinski definition) is 3. The van der Waals surface area contributed by atoms with Gasteiger partial charge in [-0.15, -0.1) is 0 Å². The molecule has 2 rings (SSSR count). The number of ether oxygens (including phenoxy) is 1. The Kier molecular flexibility index (Phi) is 5.53. The van der Waals surface area contributed by atoms with E-state index in [1.54, 1.807) is 13.8 Å². The van der Waals surface area contributed by atoms with Crippen molar-refractivity contribution in [3.63, 3.8) is 0 Å². The van der Waals surface area contributed by atoms with Crippen LogP contribution in [0.4, 0.5) is 18.9 Å². The highest BCUT2D eigenvalue weighted by Gasteiger charge is 2.31. The third-order valence-electron chi connectivity index (χ3n) is 3.29. The van der Waals surface area contributed by atoms with Crippen molar-refractivity contribution in [2.24, 2.45) is 0 Å². The van der Waals surface area contributed by atoms with Crippen LogP contribution in [0, 0.1) is 6.92 Å². The van der Waals surface area contributed by atoms with Gasteiger partial charge < -0.3 is 4.74 Å².